The van der Waals surface area contributed by atoms with E-state index < -0.39 is 27.6 Å². The molecule has 0 saturated heterocycles. The Bertz CT molecular complexity index is 813. The second kappa shape index (κ2) is 5.34. The van der Waals surface area contributed by atoms with Crippen molar-refractivity contribution in [1.29, 1.82) is 0 Å². The summed E-state index contributed by atoms with van der Waals surface area (Å²) in [6.07, 6.45) is 0. The molecule has 112 valence electrons. The highest BCUT2D eigenvalue weighted by Crippen LogP contribution is 2.28. The zero-order valence-corrected chi connectivity index (χ0v) is 12.3. The number of carboxylic acids is 1. The monoisotopic (exact) mass is 331 g/mol. The largest absolute Gasteiger partial charge is 0.505 e. The van der Waals surface area contributed by atoms with Gasteiger partial charge in [-0.3, -0.25) is 4.72 Å². The number of aromatic hydroxyl groups is 1. The molecular weight excluding hydrogens is 321 g/mol. The van der Waals surface area contributed by atoms with Crippen LogP contribution in [0.3, 0.4) is 0 Å². The Balaban J connectivity index is 2.38. The van der Waals surface area contributed by atoms with E-state index in [0.717, 1.165) is 29.5 Å². The predicted octanol–water partition coefficient (Wildman–Crippen LogP) is 2.40. The molecule has 2 rings (SSSR count). The standard InChI is InChI=1S/C12H10FNO5S2/c1-6-11(5-10(20-6)12(16)17)21(18,19)14-7-2-3-9(15)8(13)4-7/h2-5,14-15H,1H3,(H,16,17). The van der Waals surface area contributed by atoms with E-state index in [4.69, 9.17) is 10.2 Å². The normalized spacial score (nSPS) is 11.3. The lowest BCUT2D eigenvalue weighted by Gasteiger charge is -2.08. The number of hydrogen-bond acceptors (Lipinski definition) is 5. The summed E-state index contributed by atoms with van der Waals surface area (Å²) in [5.41, 5.74) is -0.0761. The minimum atomic E-state index is -4.04. The Morgan fingerprint density at radius 3 is 2.52 bits per heavy atom. The van der Waals surface area contributed by atoms with Crippen LogP contribution in [0.15, 0.2) is 29.2 Å². The van der Waals surface area contributed by atoms with Crippen molar-refractivity contribution in [3.05, 3.63) is 39.8 Å². The molecule has 1 aromatic heterocycles. The van der Waals surface area contributed by atoms with Gasteiger partial charge in [-0.2, -0.15) is 0 Å². The summed E-state index contributed by atoms with van der Waals surface area (Å²) in [4.78, 5) is 10.9. The molecule has 9 heteroatoms. The van der Waals surface area contributed by atoms with E-state index in [1.165, 1.54) is 13.0 Å². The molecule has 21 heavy (non-hydrogen) atoms. The third-order valence-corrected chi connectivity index (χ3v) is 5.25. The van der Waals surface area contributed by atoms with Crippen molar-refractivity contribution in [1.82, 2.24) is 0 Å². The van der Waals surface area contributed by atoms with Crippen molar-refractivity contribution in [2.75, 3.05) is 4.72 Å². The fourth-order valence-electron chi connectivity index (χ4n) is 1.62. The van der Waals surface area contributed by atoms with Crippen LogP contribution in [0.25, 0.3) is 0 Å². The molecule has 3 N–H and O–H groups in total. The summed E-state index contributed by atoms with van der Waals surface area (Å²) in [5, 5.41) is 17.9. The average molecular weight is 331 g/mol. The van der Waals surface area contributed by atoms with Gasteiger partial charge in [0, 0.05) is 10.9 Å². The number of nitrogens with one attached hydrogen (secondary N) is 1. The van der Waals surface area contributed by atoms with E-state index in [9.17, 15) is 17.6 Å². The first-order valence-corrected chi connectivity index (χ1v) is 7.86. The number of rotatable bonds is 4. The molecular formula is C12H10FNO5S2. The third kappa shape index (κ3) is 3.14. The van der Waals surface area contributed by atoms with Crippen LogP contribution in [0.5, 0.6) is 5.75 Å². The Morgan fingerprint density at radius 2 is 2.00 bits per heavy atom. The lowest BCUT2D eigenvalue weighted by molar-refractivity contribution is 0.0702. The number of aryl methyl sites for hydroxylation is 1. The topological polar surface area (TPSA) is 104 Å². The van der Waals surface area contributed by atoms with Crippen molar-refractivity contribution in [3.63, 3.8) is 0 Å². The first kappa shape index (κ1) is 15.3. The number of hydrogen-bond donors (Lipinski definition) is 3. The fourth-order valence-corrected chi connectivity index (χ4v) is 4.10. The molecule has 0 bridgehead atoms. The zero-order chi connectivity index (χ0) is 15.8. The second-order valence-corrected chi connectivity index (χ2v) is 7.02. The van der Waals surface area contributed by atoms with Crippen LogP contribution >= 0.6 is 11.3 Å². The van der Waals surface area contributed by atoms with Gasteiger partial charge in [0.15, 0.2) is 11.6 Å². The van der Waals surface area contributed by atoms with Crippen molar-refractivity contribution in [2.24, 2.45) is 0 Å². The van der Waals surface area contributed by atoms with Crippen LogP contribution in [0, 0.1) is 12.7 Å². The van der Waals surface area contributed by atoms with E-state index in [1.807, 2.05) is 0 Å². The van der Waals surface area contributed by atoms with Gasteiger partial charge in [0.05, 0.1) is 5.69 Å². The number of benzene rings is 1. The van der Waals surface area contributed by atoms with Gasteiger partial charge in [0.25, 0.3) is 10.0 Å². The number of thiophene rings is 1. The van der Waals surface area contributed by atoms with Gasteiger partial charge in [-0.25, -0.2) is 17.6 Å². The molecule has 0 aliphatic rings. The maximum absolute atomic E-state index is 13.2. The molecule has 0 atom stereocenters. The number of carboxylic acid groups (broad SMARTS) is 1. The van der Waals surface area contributed by atoms with E-state index in [-0.39, 0.29) is 15.5 Å². The Morgan fingerprint density at radius 1 is 1.33 bits per heavy atom. The van der Waals surface area contributed by atoms with Crippen LogP contribution in [0.2, 0.25) is 0 Å². The quantitative estimate of drug-likeness (QED) is 0.746. The summed E-state index contributed by atoms with van der Waals surface area (Å²) < 4.78 is 39.7. The number of halogens is 1. The number of anilines is 1. The number of phenolic OH excluding ortho intramolecular Hbond substituents is 1. The fraction of sp³-hybridized carbons (Fsp3) is 0.0833. The van der Waals surface area contributed by atoms with E-state index in [2.05, 4.69) is 4.72 Å². The SMILES string of the molecule is Cc1sc(C(=O)O)cc1S(=O)(=O)Nc1ccc(O)c(F)c1. The van der Waals surface area contributed by atoms with Crippen molar-refractivity contribution in [2.45, 2.75) is 11.8 Å². The van der Waals surface area contributed by atoms with Gasteiger partial charge >= 0.3 is 5.97 Å². The highest BCUT2D eigenvalue weighted by atomic mass is 32.2. The zero-order valence-electron chi connectivity index (χ0n) is 10.6. The van der Waals surface area contributed by atoms with Gasteiger partial charge in [-0.1, -0.05) is 0 Å². The minimum absolute atomic E-state index is 0.0761. The Kier molecular flexibility index (Phi) is 3.88. The van der Waals surface area contributed by atoms with Gasteiger partial charge in [-0.15, -0.1) is 11.3 Å². The van der Waals surface area contributed by atoms with Crippen molar-refractivity contribution < 1.29 is 27.8 Å². The molecule has 0 aliphatic heterocycles. The Hall–Kier alpha value is -2.13. The number of carbonyl (C=O) groups is 1. The average Bonchev–Trinajstić information content (AvgIpc) is 2.77. The smallest absolute Gasteiger partial charge is 0.345 e. The lowest BCUT2D eigenvalue weighted by Crippen LogP contribution is -2.13. The minimum Gasteiger partial charge on any atom is -0.505 e. The summed E-state index contributed by atoms with van der Waals surface area (Å²) in [7, 11) is -4.04. The van der Waals surface area contributed by atoms with Gasteiger partial charge < -0.3 is 10.2 Å². The van der Waals surface area contributed by atoms with Crippen LogP contribution in [0.1, 0.15) is 14.5 Å². The Labute approximate surface area is 123 Å². The maximum atomic E-state index is 13.2. The first-order valence-electron chi connectivity index (χ1n) is 5.56. The van der Waals surface area contributed by atoms with Crippen LogP contribution in [-0.4, -0.2) is 24.6 Å². The lowest BCUT2D eigenvalue weighted by atomic mass is 10.3. The number of phenols is 1. The van der Waals surface area contributed by atoms with E-state index in [0.29, 0.717) is 4.88 Å². The predicted molar refractivity (Wildman–Crippen MR) is 74.9 cm³/mol. The summed E-state index contributed by atoms with van der Waals surface area (Å²) in [5.74, 6) is -2.79. The molecule has 1 heterocycles. The van der Waals surface area contributed by atoms with E-state index in [1.54, 1.807) is 0 Å². The summed E-state index contributed by atoms with van der Waals surface area (Å²) >= 11 is 0.833. The highest BCUT2D eigenvalue weighted by molar-refractivity contribution is 7.93. The highest BCUT2D eigenvalue weighted by Gasteiger charge is 2.22. The molecule has 0 fully saturated rings. The van der Waals surface area contributed by atoms with Gasteiger partial charge in [0.1, 0.15) is 9.77 Å². The molecule has 0 unspecified atom stereocenters. The molecule has 0 saturated carbocycles. The first-order chi connectivity index (χ1) is 9.70. The van der Waals surface area contributed by atoms with Crippen LogP contribution in [-0.2, 0) is 10.0 Å². The summed E-state index contributed by atoms with van der Waals surface area (Å²) in [6.45, 7) is 1.48. The second-order valence-electron chi connectivity index (χ2n) is 4.11. The molecule has 0 amide bonds. The molecule has 0 aliphatic carbocycles. The van der Waals surface area contributed by atoms with Crippen LogP contribution < -0.4 is 4.72 Å². The maximum Gasteiger partial charge on any atom is 0.345 e. The third-order valence-electron chi connectivity index (χ3n) is 2.57. The van der Waals surface area contributed by atoms with Gasteiger partial charge in [0.2, 0.25) is 0 Å². The van der Waals surface area contributed by atoms with Gasteiger partial charge in [-0.05, 0) is 25.1 Å². The molecule has 0 spiro atoms. The summed E-state index contributed by atoms with van der Waals surface area (Å²) in [6, 6.07) is 4.07. The van der Waals surface area contributed by atoms with E-state index >= 15 is 0 Å². The molecule has 6 nitrogen and oxygen atoms in total. The van der Waals surface area contributed by atoms with Crippen LogP contribution in [0.4, 0.5) is 10.1 Å². The molecule has 1 aromatic carbocycles. The molecule has 0 radical (unpaired) electrons. The molecule has 2 aromatic rings. The number of aromatic carboxylic acids is 1. The van der Waals surface area contributed by atoms with Crippen molar-refractivity contribution >= 4 is 33.0 Å². The van der Waals surface area contributed by atoms with Crippen molar-refractivity contribution in [3.8, 4) is 5.75 Å². The number of sulfonamides is 1.